The molecule has 2 atom stereocenters. The van der Waals surface area contributed by atoms with E-state index in [0.29, 0.717) is 0 Å². The van der Waals surface area contributed by atoms with E-state index in [1.165, 1.54) is 7.11 Å². The van der Waals surface area contributed by atoms with Crippen LogP contribution in [0, 0.1) is 0 Å². The van der Waals surface area contributed by atoms with Crippen molar-refractivity contribution >= 4 is 0 Å². The Morgan fingerprint density at radius 3 is 2.00 bits per heavy atom. The molecule has 0 aromatic heterocycles. The van der Waals surface area contributed by atoms with Gasteiger partial charge in [0.2, 0.25) is 0 Å². The Labute approximate surface area is 53.7 Å². The second kappa shape index (κ2) is 4.69. The van der Waals surface area contributed by atoms with Crippen LogP contribution in [0.3, 0.4) is 0 Å². The molecule has 3 N–H and O–H groups in total. The van der Waals surface area contributed by atoms with E-state index in [1.54, 1.807) is 0 Å². The zero-order chi connectivity index (χ0) is 7.28. The Kier molecular flexibility index (Phi) is 4.61. The third kappa shape index (κ3) is 2.76. The fourth-order valence-corrected chi connectivity index (χ4v) is 0.471. The topological polar surface area (TPSA) is 69.9 Å². The van der Waals surface area contributed by atoms with Gasteiger partial charge < -0.3 is 20.1 Å². The van der Waals surface area contributed by atoms with Crippen molar-refractivity contribution in [2.75, 3.05) is 20.3 Å². The lowest BCUT2D eigenvalue weighted by molar-refractivity contribution is -0.0607. The Bertz CT molecular complexity index is 62.0. The summed E-state index contributed by atoms with van der Waals surface area (Å²) in [6.07, 6.45) is -1.66. The molecule has 0 aliphatic carbocycles. The van der Waals surface area contributed by atoms with Gasteiger partial charge in [0.1, 0.15) is 12.2 Å². The van der Waals surface area contributed by atoms with E-state index >= 15 is 0 Å². The fourth-order valence-electron chi connectivity index (χ4n) is 0.471. The standard InChI is InChI=1S/C5H12O4/c1-9-5(3-7)4(8)2-6/h4-8H,2-3H2,1H3/t4-,5+/m1/s1. The molecule has 4 nitrogen and oxygen atoms in total. The summed E-state index contributed by atoms with van der Waals surface area (Å²) in [6.45, 7) is -0.669. The lowest BCUT2D eigenvalue weighted by Gasteiger charge is -2.16. The maximum atomic E-state index is 8.78. The van der Waals surface area contributed by atoms with Crippen LogP contribution in [0.15, 0.2) is 0 Å². The summed E-state index contributed by atoms with van der Waals surface area (Å²) in [7, 11) is 1.36. The van der Waals surface area contributed by atoms with Crippen molar-refractivity contribution in [3.8, 4) is 0 Å². The smallest absolute Gasteiger partial charge is 0.108 e. The van der Waals surface area contributed by atoms with Gasteiger partial charge in [-0.05, 0) is 0 Å². The van der Waals surface area contributed by atoms with Crippen molar-refractivity contribution in [1.29, 1.82) is 0 Å². The summed E-state index contributed by atoms with van der Waals surface area (Å²) < 4.78 is 4.59. The van der Waals surface area contributed by atoms with Crippen LogP contribution in [-0.4, -0.2) is 47.9 Å². The van der Waals surface area contributed by atoms with Crippen molar-refractivity contribution < 1.29 is 20.1 Å². The molecule has 0 rings (SSSR count). The molecule has 0 radical (unpaired) electrons. The molecule has 0 heterocycles. The molecule has 0 spiro atoms. The van der Waals surface area contributed by atoms with E-state index in [4.69, 9.17) is 15.3 Å². The minimum absolute atomic E-state index is 0.280. The average Bonchev–Trinajstić information content (AvgIpc) is 1.90. The van der Waals surface area contributed by atoms with Crippen molar-refractivity contribution in [1.82, 2.24) is 0 Å². The minimum Gasteiger partial charge on any atom is -0.394 e. The third-order valence-corrected chi connectivity index (χ3v) is 1.10. The first-order valence-electron chi connectivity index (χ1n) is 2.68. The average molecular weight is 136 g/mol. The zero-order valence-corrected chi connectivity index (χ0v) is 5.32. The van der Waals surface area contributed by atoms with Gasteiger partial charge in [-0.2, -0.15) is 0 Å². The summed E-state index contributed by atoms with van der Waals surface area (Å²) in [6, 6.07) is 0. The summed E-state index contributed by atoms with van der Waals surface area (Å²) in [5.74, 6) is 0. The number of aliphatic hydroxyl groups excluding tert-OH is 3. The number of ether oxygens (including phenoxy) is 1. The summed E-state index contributed by atoms with van der Waals surface area (Å²) in [5, 5.41) is 25.5. The van der Waals surface area contributed by atoms with E-state index in [1.807, 2.05) is 0 Å². The first kappa shape index (κ1) is 8.84. The second-order valence-electron chi connectivity index (χ2n) is 1.71. The Balaban J connectivity index is 3.50. The minimum atomic E-state index is -0.986. The number of aliphatic hydroxyl groups is 3. The van der Waals surface area contributed by atoms with E-state index in [-0.39, 0.29) is 13.2 Å². The molecule has 0 unspecified atom stereocenters. The third-order valence-electron chi connectivity index (χ3n) is 1.10. The highest BCUT2D eigenvalue weighted by atomic mass is 16.5. The lowest BCUT2D eigenvalue weighted by atomic mass is 10.2. The molecular formula is C5H12O4. The molecule has 0 aliphatic rings. The molecule has 0 bridgehead atoms. The molecule has 0 saturated heterocycles. The molecule has 0 saturated carbocycles. The second-order valence-corrected chi connectivity index (χ2v) is 1.71. The summed E-state index contributed by atoms with van der Waals surface area (Å²) >= 11 is 0. The van der Waals surface area contributed by atoms with Crippen LogP contribution < -0.4 is 0 Å². The van der Waals surface area contributed by atoms with Crippen molar-refractivity contribution in [3.63, 3.8) is 0 Å². The summed E-state index contributed by atoms with van der Waals surface area (Å²) in [5.41, 5.74) is 0. The predicted octanol–water partition coefficient (Wildman–Crippen LogP) is -1.65. The van der Waals surface area contributed by atoms with Crippen LogP contribution in [-0.2, 0) is 4.74 Å². The first-order chi connectivity index (χ1) is 4.26. The Hall–Kier alpha value is -0.160. The number of hydrogen-bond donors (Lipinski definition) is 3. The molecule has 0 aromatic carbocycles. The maximum Gasteiger partial charge on any atom is 0.108 e. The predicted molar refractivity (Wildman–Crippen MR) is 31.0 cm³/mol. The molecule has 0 amide bonds. The first-order valence-corrected chi connectivity index (χ1v) is 2.68. The zero-order valence-electron chi connectivity index (χ0n) is 5.32. The fraction of sp³-hybridized carbons (Fsp3) is 1.00. The van der Waals surface area contributed by atoms with Crippen LogP contribution in [0.2, 0.25) is 0 Å². The van der Waals surface area contributed by atoms with Gasteiger partial charge in [0.25, 0.3) is 0 Å². The molecule has 0 aromatic rings. The Morgan fingerprint density at radius 2 is 1.89 bits per heavy atom. The van der Waals surface area contributed by atoms with Crippen molar-refractivity contribution in [2.45, 2.75) is 12.2 Å². The van der Waals surface area contributed by atoms with E-state index in [9.17, 15) is 0 Å². The van der Waals surface area contributed by atoms with Gasteiger partial charge in [0, 0.05) is 7.11 Å². The van der Waals surface area contributed by atoms with Crippen LogP contribution in [0.1, 0.15) is 0 Å². The number of rotatable bonds is 4. The van der Waals surface area contributed by atoms with Crippen molar-refractivity contribution in [3.05, 3.63) is 0 Å². The highest BCUT2D eigenvalue weighted by molar-refractivity contribution is 4.65. The van der Waals surface area contributed by atoms with E-state index in [0.717, 1.165) is 0 Å². The maximum absolute atomic E-state index is 8.78. The van der Waals surface area contributed by atoms with E-state index in [2.05, 4.69) is 4.74 Å². The summed E-state index contributed by atoms with van der Waals surface area (Å²) in [4.78, 5) is 0. The van der Waals surface area contributed by atoms with Crippen LogP contribution in [0.5, 0.6) is 0 Å². The molecule has 9 heavy (non-hydrogen) atoms. The highest BCUT2D eigenvalue weighted by Crippen LogP contribution is 1.94. The van der Waals surface area contributed by atoms with Gasteiger partial charge in [-0.15, -0.1) is 0 Å². The monoisotopic (exact) mass is 136 g/mol. The molecule has 0 fully saturated rings. The van der Waals surface area contributed by atoms with Gasteiger partial charge >= 0.3 is 0 Å². The molecular weight excluding hydrogens is 124 g/mol. The molecule has 56 valence electrons. The van der Waals surface area contributed by atoms with Gasteiger partial charge in [-0.3, -0.25) is 0 Å². The number of methoxy groups -OCH3 is 1. The largest absolute Gasteiger partial charge is 0.394 e. The van der Waals surface area contributed by atoms with Gasteiger partial charge in [-0.1, -0.05) is 0 Å². The van der Waals surface area contributed by atoms with Crippen LogP contribution in [0.4, 0.5) is 0 Å². The quantitative estimate of drug-likeness (QED) is 0.433. The van der Waals surface area contributed by atoms with Crippen LogP contribution in [0.25, 0.3) is 0 Å². The lowest BCUT2D eigenvalue weighted by Crippen LogP contribution is -2.33. The highest BCUT2D eigenvalue weighted by Gasteiger charge is 2.15. The molecule has 4 heteroatoms. The molecule has 0 aliphatic heterocycles. The normalized spacial score (nSPS) is 17.3. The van der Waals surface area contributed by atoms with Gasteiger partial charge in [-0.25, -0.2) is 0 Å². The SMILES string of the molecule is CO[C@@H](CO)[C@H](O)CO. The van der Waals surface area contributed by atoms with Crippen LogP contribution >= 0.6 is 0 Å². The van der Waals surface area contributed by atoms with Gasteiger partial charge in [0.15, 0.2) is 0 Å². The number of hydrogen-bond acceptors (Lipinski definition) is 4. The van der Waals surface area contributed by atoms with Crippen molar-refractivity contribution in [2.24, 2.45) is 0 Å². The van der Waals surface area contributed by atoms with Gasteiger partial charge in [0.05, 0.1) is 13.2 Å². The van der Waals surface area contributed by atoms with E-state index < -0.39 is 12.2 Å². The Morgan fingerprint density at radius 1 is 1.33 bits per heavy atom.